The highest BCUT2D eigenvalue weighted by molar-refractivity contribution is 5.95. The van der Waals surface area contributed by atoms with Crippen molar-refractivity contribution >= 4 is 11.7 Å². The van der Waals surface area contributed by atoms with Gasteiger partial charge in [0.1, 0.15) is 5.82 Å². The van der Waals surface area contributed by atoms with Crippen LogP contribution in [0.25, 0.3) is 0 Å². The van der Waals surface area contributed by atoms with E-state index in [1.54, 1.807) is 0 Å². The molecule has 2 rings (SSSR count). The third kappa shape index (κ3) is 3.94. The number of anilines is 1. The first-order valence-corrected chi connectivity index (χ1v) is 7.94. The Morgan fingerprint density at radius 3 is 2.48 bits per heavy atom. The zero-order valence-electron chi connectivity index (χ0n) is 13.4. The molecule has 1 fully saturated rings. The minimum absolute atomic E-state index is 0.127. The number of aromatic nitrogens is 1. The Bertz CT molecular complexity index is 481. The van der Waals surface area contributed by atoms with E-state index in [0.29, 0.717) is 0 Å². The first kappa shape index (κ1) is 15.8. The lowest BCUT2D eigenvalue weighted by atomic mass is 10.1. The van der Waals surface area contributed by atoms with E-state index < -0.39 is 0 Å². The zero-order valence-corrected chi connectivity index (χ0v) is 13.4. The largest absolute Gasteiger partial charge is 0.370 e. The molecule has 1 aromatic heterocycles. The third-order valence-electron chi connectivity index (χ3n) is 3.95. The van der Waals surface area contributed by atoms with Gasteiger partial charge < -0.3 is 15.1 Å². The lowest BCUT2D eigenvalue weighted by molar-refractivity contribution is 0.0643. The summed E-state index contributed by atoms with van der Waals surface area (Å²) in [6.07, 6.45) is 0.836. The molecule has 1 N–H and O–H groups in total. The second-order valence-electron chi connectivity index (χ2n) is 5.34. The van der Waals surface area contributed by atoms with E-state index in [9.17, 15) is 4.79 Å². The van der Waals surface area contributed by atoms with Crippen molar-refractivity contribution in [2.45, 2.75) is 27.2 Å². The highest BCUT2D eigenvalue weighted by Crippen LogP contribution is 2.15. The summed E-state index contributed by atoms with van der Waals surface area (Å²) in [6, 6.07) is 3.80. The summed E-state index contributed by atoms with van der Waals surface area (Å²) < 4.78 is 0. The highest BCUT2D eigenvalue weighted by atomic mass is 16.2. The van der Waals surface area contributed by atoms with Gasteiger partial charge in [0, 0.05) is 44.0 Å². The summed E-state index contributed by atoms with van der Waals surface area (Å²) >= 11 is 0. The number of hydrogen-bond donors (Lipinski definition) is 1. The highest BCUT2D eigenvalue weighted by Gasteiger charge is 2.22. The van der Waals surface area contributed by atoms with Crippen molar-refractivity contribution in [1.29, 1.82) is 0 Å². The number of aryl methyl sites for hydroxylation is 1. The van der Waals surface area contributed by atoms with Gasteiger partial charge >= 0.3 is 0 Å². The molecule has 2 heterocycles. The van der Waals surface area contributed by atoms with Gasteiger partial charge in [0.25, 0.3) is 5.91 Å². The molecule has 0 radical (unpaired) electrons. The summed E-state index contributed by atoms with van der Waals surface area (Å²) in [7, 11) is 0. The lowest BCUT2D eigenvalue weighted by Gasteiger charge is -2.34. The molecule has 1 aromatic rings. The van der Waals surface area contributed by atoms with Crippen LogP contribution >= 0.6 is 0 Å². The molecule has 5 nitrogen and oxygen atoms in total. The van der Waals surface area contributed by atoms with Crippen molar-refractivity contribution in [2.24, 2.45) is 0 Å². The molecule has 1 amide bonds. The zero-order chi connectivity index (χ0) is 15.2. The van der Waals surface area contributed by atoms with Crippen LogP contribution in [0, 0.1) is 0 Å². The quantitative estimate of drug-likeness (QED) is 0.899. The first-order valence-electron chi connectivity index (χ1n) is 7.94. The third-order valence-corrected chi connectivity index (χ3v) is 3.95. The number of piperazine rings is 1. The molecule has 0 spiro atoms. The Labute approximate surface area is 127 Å². The maximum Gasteiger partial charge on any atom is 0.254 e. The molecular formula is C16H26N4O. The Balaban J connectivity index is 2.13. The minimum Gasteiger partial charge on any atom is -0.370 e. The van der Waals surface area contributed by atoms with E-state index in [0.717, 1.165) is 62.8 Å². The fourth-order valence-corrected chi connectivity index (χ4v) is 2.61. The number of rotatable bonds is 5. The number of nitrogens with zero attached hydrogens (tertiary/aromatic N) is 3. The monoisotopic (exact) mass is 290 g/mol. The molecule has 0 unspecified atom stereocenters. The van der Waals surface area contributed by atoms with Gasteiger partial charge in [-0.2, -0.15) is 0 Å². The van der Waals surface area contributed by atoms with Gasteiger partial charge in [0.2, 0.25) is 0 Å². The standard InChI is InChI=1S/C16H26N4O/c1-4-14-11-13(12-15(18-14)17-5-2)16(21)20-9-7-19(6-3)8-10-20/h11-12H,4-10H2,1-3H3,(H,17,18). The van der Waals surface area contributed by atoms with Crippen molar-refractivity contribution in [1.82, 2.24) is 14.8 Å². The Morgan fingerprint density at radius 1 is 1.19 bits per heavy atom. The SMILES string of the molecule is CCNc1cc(C(=O)N2CCN(CC)CC2)cc(CC)n1. The first-order chi connectivity index (χ1) is 10.2. The van der Waals surface area contributed by atoms with E-state index in [4.69, 9.17) is 0 Å². The van der Waals surface area contributed by atoms with Crippen molar-refractivity contribution in [3.8, 4) is 0 Å². The van der Waals surface area contributed by atoms with E-state index in [2.05, 4.69) is 29.0 Å². The van der Waals surface area contributed by atoms with Gasteiger partial charge in [-0.15, -0.1) is 0 Å². The topological polar surface area (TPSA) is 48.5 Å². The average molecular weight is 290 g/mol. The summed E-state index contributed by atoms with van der Waals surface area (Å²) in [5.41, 5.74) is 1.71. The van der Waals surface area contributed by atoms with Crippen LogP contribution in [0.15, 0.2) is 12.1 Å². The van der Waals surface area contributed by atoms with E-state index in [1.807, 2.05) is 24.0 Å². The molecular weight excluding hydrogens is 264 g/mol. The number of hydrogen-bond acceptors (Lipinski definition) is 4. The van der Waals surface area contributed by atoms with Gasteiger partial charge in [-0.25, -0.2) is 4.98 Å². The summed E-state index contributed by atoms with van der Waals surface area (Å²) in [6.45, 7) is 11.7. The molecule has 0 aliphatic carbocycles. The van der Waals surface area contributed by atoms with Crippen LogP contribution in [0.3, 0.4) is 0 Å². The lowest BCUT2D eigenvalue weighted by Crippen LogP contribution is -2.48. The number of amides is 1. The van der Waals surface area contributed by atoms with Gasteiger partial charge in [-0.05, 0) is 32.0 Å². The number of carbonyl (C=O) groups excluding carboxylic acids is 1. The number of nitrogens with one attached hydrogen (secondary N) is 1. The van der Waals surface area contributed by atoms with Gasteiger partial charge in [0.05, 0.1) is 0 Å². The van der Waals surface area contributed by atoms with Crippen molar-refractivity contribution in [2.75, 3.05) is 44.6 Å². The Hall–Kier alpha value is -1.62. The average Bonchev–Trinajstić information content (AvgIpc) is 2.54. The summed E-state index contributed by atoms with van der Waals surface area (Å²) in [4.78, 5) is 21.5. The molecule has 0 atom stereocenters. The summed E-state index contributed by atoms with van der Waals surface area (Å²) in [5, 5.41) is 3.21. The normalized spacial score (nSPS) is 16.0. The van der Waals surface area contributed by atoms with Crippen molar-refractivity contribution in [3.05, 3.63) is 23.4 Å². The molecule has 1 aliphatic heterocycles. The molecule has 0 aromatic carbocycles. The van der Waals surface area contributed by atoms with Crippen LogP contribution in [0.1, 0.15) is 36.8 Å². The molecule has 0 saturated carbocycles. The number of pyridine rings is 1. The predicted molar refractivity (Wildman–Crippen MR) is 85.8 cm³/mol. The van der Waals surface area contributed by atoms with Crippen LogP contribution < -0.4 is 5.32 Å². The molecule has 116 valence electrons. The number of likely N-dealkylation sites (N-methyl/N-ethyl adjacent to an activating group) is 1. The molecule has 1 aliphatic rings. The van der Waals surface area contributed by atoms with Gasteiger partial charge in [0.15, 0.2) is 0 Å². The van der Waals surface area contributed by atoms with Crippen LogP contribution in [0.4, 0.5) is 5.82 Å². The molecule has 21 heavy (non-hydrogen) atoms. The minimum atomic E-state index is 0.127. The summed E-state index contributed by atoms with van der Waals surface area (Å²) in [5.74, 6) is 0.925. The Morgan fingerprint density at radius 2 is 1.90 bits per heavy atom. The Kier molecular flexibility index (Phi) is 5.56. The van der Waals surface area contributed by atoms with Crippen LogP contribution in [-0.2, 0) is 6.42 Å². The van der Waals surface area contributed by atoms with Crippen LogP contribution in [-0.4, -0.2) is 60.0 Å². The molecule has 0 bridgehead atoms. The van der Waals surface area contributed by atoms with Gasteiger partial charge in [-0.1, -0.05) is 13.8 Å². The second-order valence-corrected chi connectivity index (χ2v) is 5.34. The van der Waals surface area contributed by atoms with Crippen molar-refractivity contribution < 1.29 is 4.79 Å². The fourth-order valence-electron chi connectivity index (χ4n) is 2.61. The van der Waals surface area contributed by atoms with Crippen LogP contribution in [0.2, 0.25) is 0 Å². The van der Waals surface area contributed by atoms with E-state index in [-0.39, 0.29) is 5.91 Å². The maximum atomic E-state index is 12.7. The number of carbonyl (C=O) groups is 1. The van der Waals surface area contributed by atoms with E-state index in [1.165, 1.54) is 0 Å². The smallest absolute Gasteiger partial charge is 0.254 e. The van der Waals surface area contributed by atoms with Crippen LogP contribution in [0.5, 0.6) is 0 Å². The predicted octanol–water partition coefficient (Wildman–Crippen LogP) is 1.85. The van der Waals surface area contributed by atoms with Crippen molar-refractivity contribution in [3.63, 3.8) is 0 Å². The molecule has 5 heteroatoms. The fraction of sp³-hybridized carbons (Fsp3) is 0.625. The second kappa shape index (κ2) is 7.41. The maximum absolute atomic E-state index is 12.7. The van der Waals surface area contributed by atoms with Gasteiger partial charge in [-0.3, -0.25) is 4.79 Å². The molecule has 1 saturated heterocycles. The van der Waals surface area contributed by atoms with E-state index >= 15 is 0 Å².